The number of carbonyl (C=O) groups is 3. The molecule has 15 nitrogen and oxygen atoms in total. The number of alkyl halides is 3. The number of esters is 1. The third kappa shape index (κ3) is 8.10. The second-order valence-corrected chi connectivity index (χ2v) is 11.8. The number of nitrogens with one attached hydrogen (secondary N) is 1. The van der Waals surface area contributed by atoms with E-state index in [2.05, 4.69) is 15.1 Å². The molecule has 1 unspecified atom stereocenters. The second kappa shape index (κ2) is 14.0. The monoisotopic (exact) mass is 669 g/mol. The number of ketones is 1. The summed E-state index contributed by atoms with van der Waals surface area (Å²) < 4.78 is 74.8. The molecule has 0 radical (unpaired) electrons. The Balaban J connectivity index is 1.57. The summed E-state index contributed by atoms with van der Waals surface area (Å²) in [6.07, 6.45) is -9.02. The van der Waals surface area contributed by atoms with Crippen molar-refractivity contribution in [3.63, 3.8) is 0 Å². The molecule has 0 aromatic heterocycles. The average Bonchev–Trinajstić information content (AvgIpc) is 3.24. The maximum absolute atomic E-state index is 14.0. The average molecular weight is 670 g/mol. The Morgan fingerprint density at radius 2 is 1.89 bits per heavy atom. The van der Waals surface area contributed by atoms with Crippen LogP contribution in [0.3, 0.4) is 0 Å². The van der Waals surface area contributed by atoms with Crippen molar-refractivity contribution >= 4 is 25.4 Å². The summed E-state index contributed by atoms with van der Waals surface area (Å²) in [5.41, 5.74) is 6.25. The predicted molar refractivity (Wildman–Crippen MR) is 149 cm³/mol. The first-order valence-electron chi connectivity index (χ1n) is 13.4. The van der Waals surface area contributed by atoms with Crippen LogP contribution < -0.4 is 9.61 Å². The normalized spacial score (nSPS) is 25.0. The van der Waals surface area contributed by atoms with Gasteiger partial charge in [-0.05, 0) is 48.4 Å². The first-order valence-corrected chi connectivity index (χ1v) is 14.9. The number of hydrogen-bond donors (Lipinski definition) is 3. The molecule has 0 aliphatic carbocycles. The van der Waals surface area contributed by atoms with Crippen molar-refractivity contribution in [2.24, 2.45) is 5.11 Å². The quantitative estimate of drug-likeness (QED) is 0.0745. The van der Waals surface area contributed by atoms with E-state index in [1.807, 2.05) is 0 Å². The predicted octanol–water partition coefficient (Wildman–Crippen LogP) is 3.33. The van der Waals surface area contributed by atoms with Gasteiger partial charge in [0, 0.05) is 11.1 Å². The molecule has 1 saturated heterocycles. The Hall–Kier alpha value is -4.28. The summed E-state index contributed by atoms with van der Waals surface area (Å²) in [5.74, 6) is -2.71. The van der Waals surface area contributed by atoms with Gasteiger partial charge in [-0.15, -0.1) is 0 Å². The van der Waals surface area contributed by atoms with Gasteiger partial charge >= 0.3 is 19.9 Å². The molecule has 6 atom stereocenters. The number of ether oxygens (including phenoxy) is 2. The van der Waals surface area contributed by atoms with Gasteiger partial charge < -0.3 is 24.2 Å². The number of carbonyl (C=O) groups excluding carboxylic acids is 3. The number of azide groups is 1. The van der Waals surface area contributed by atoms with Crippen LogP contribution in [0, 0.1) is 0 Å². The van der Waals surface area contributed by atoms with E-state index in [0.29, 0.717) is 17.7 Å². The summed E-state index contributed by atoms with van der Waals surface area (Å²) in [7, 11) is -4.87. The van der Waals surface area contributed by atoms with Crippen LogP contribution in [0.2, 0.25) is 0 Å². The topological polar surface area (TPSA) is 210 Å². The smallest absolute Gasteiger partial charge is 0.459 e. The van der Waals surface area contributed by atoms with Gasteiger partial charge in [-0.2, -0.15) is 18.3 Å². The highest BCUT2D eigenvalue weighted by Crippen LogP contribution is 2.48. The van der Waals surface area contributed by atoms with Crippen LogP contribution in [0.4, 0.5) is 13.2 Å². The molecular weight excluding hydrogens is 642 g/mol. The second-order valence-electron chi connectivity index (χ2n) is 10.1. The van der Waals surface area contributed by atoms with Crippen LogP contribution in [0.15, 0.2) is 72.0 Å². The number of aliphatic hydroxyl groups is 2. The lowest BCUT2D eigenvalue weighted by Gasteiger charge is -2.31. The zero-order valence-electron chi connectivity index (χ0n) is 23.8. The molecule has 46 heavy (non-hydrogen) atoms. The first kappa shape index (κ1) is 34.6. The molecule has 0 spiro atoms. The molecule has 0 bridgehead atoms. The number of rotatable bonds is 12. The van der Waals surface area contributed by atoms with Gasteiger partial charge in [0.15, 0.2) is 12.0 Å². The molecule has 0 saturated carbocycles. The van der Waals surface area contributed by atoms with Crippen molar-refractivity contribution in [2.45, 2.75) is 56.3 Å². The summed E-state index contributed by atoms with van der Waals surface area (Å²) in [6.45, 7) is -0.0860. The van der Waals surface area contributed by atoms with Crippen LogP contribution in [0.5, 0.6) is 5.75 Å². The van der Waals surface area contributed by atoms with Crippen molar-refractivity contribution in [3.05, 3.63) is 88.4 Å². The SMILES string of the molecule is C[C@H](NP(=O)(OC[C@@]1(N=[N+]=[N-])O[C@@H](N2C=CC(=O)CC2=O)[C@H](O)[C@@H]1O)Oc1ccc(C(F)(F)F)cc1)C(=O)OCc1ccccc1. The number of benzene rings is 2. The molecule has 1 fully saturated rings. The van der Waals surface area contributed by atoms with E-state index >= 15 is 0 Å². The van der Waals surface area contributed by atoms with Crippen molar-refractivity contribution in [1.82, 2.24) is 9.99 Å². The van der Waals surface area contributed by atoms with E-state index in [0.717, 1.165) is 29.3 Å². The summed E-state index contributed by atoms with van der Waals surface area (Å²) in [5, 5.41) is 27.2. The minimum Gasteiger partial charge on any atom is -0.460 e. The zero-order valence-corrected chi connectivity index (χ0v) is 24.7. The van der Waals surface area contributed by atoms with E-state index in [9.17, 15) is 47.9 Å². The lowest BCUT2D eigenvalue weighted by atomic mass is 10.1. The number of aliphatic hydroxyl groups excluding tert-OH is 2. The minimum absolute atomic E-state index is 0.162. The number of allylic oxidation sites excluding steroid dienone is 1. The fourth-order valence-electron chi connectivity index (χ4n) is 4.33. The molecule has 2 aromatic rings. The van der Waals surface area contributed by atoms with E-state index < -0.39 is 86.1 Å². The van der Waals surface area contributed by atoms with Gasteiger partial charge in [0.1, 0.15) is 30.6 Å². The lowest BCUT2D eigenvalue weighted by Crippen LogP contribution is -2.46. The Labute approximate surface area is 258 Å². The third-order valence-electron chi connectivity index (χ3n) is 6.70. The fourth-order valence-corrected chi connectivity index (χ4v) is 5.84. The van der Waals surface area contributed by atoms with Gasteiger partial charge in [0.2, 0.25) is 11.6 Å². The molecule has 2 aromatic carbocycles. The van der Waals surface area contributed by atoms with Crippen LogP contribution in [0.25, 0.3) is 10.4 Å². The van der Waals surface area contributed by atoms with Gasteiger partial charge in [-0.25, -0.2) is 4.57 Å². The molecular formula is C27H27F3N5O10P. The van der Waals surface area contributed by atoms with Crippen molar-refractivity contribution in [3.8, 4) is 5.75 Å². The Morgan fingerprint density at radius 3 is 2.50 bits per heavy atom. The van der Waals surface area contributed by atoms with Crippen molar-refractivity contribution in [2.75, 3.05) is 6.61 Å². The van der Waals surface area contributed by atoms with Gasteiger partial charge in [-0.3, -0.25) is 23.8 Å². The standard InChI is InChI=1S/C27H27F3N5O10P/c1-16(25(40)42-14-17-5-3-2-4-6-17)32-46(41,45-20-9-7-18(8-10-20)27(28,29)30)43-15-26(33-34-31)23(39)22(38)24(44-26)35-12-11-19(36)13-21(35)37/h2-12,16,22-24,38-39H,13-15H2,1H3,(H,32,41)/t16-,22+,23-,24+,26+,46?/m0/s1. The Kier molecular flexibility index (Phi) is 10.5. The molecule has 2 heterocycles. The molecule has 19 heteroatoms. The van der Waals surface area contributed by atoms with Crippen LogP contribution in [-0.4, -0.2) is 69.6 Å². The fraction of sp³-hybridized carbons (Fsp3) is 0.370. The van der Waals surface area contributed by atoms with Gasteiger partial charge in [0.05, 0.1) is 18.6 Å². The molecule has 4 rings (SSSR count). The van der Waals surface area contributed by atoms with Crippen LogP contribution >= 0.6 is 7.75 Å². The first-order chi connectivity index (χ1) is 21.7. The molecule has 3 N–H and O–H groups in total. The highest BCUT2D eigenvalue weighted by atomic mass is 31.2. The maximum atomic E-state index is 14.0. The van der Waals surface area contributed by atoms with E-state index in [-0.39, 0.29) is 6.61 Å². The van der Waals surface area contributed by atoms with Crippen LogP contribution in [0.1, 0.15) is 24.5 Å². The number of amides is 1. The minimum atomic E-state index is -4.87. The zero-order chi connectivity index (χ0) is 33.7. The maximum Gasteiger partial charge on any atom is 0.459 e. The lowest BCUT2D eigenvalue weighted by molar-refractivity contribution is -0.159. The van der Waals surface area contributed by atoms with E-state index in [4.69, 9.17) is 18.5 Å². The summed E-state index contributed by atoms with van der Waals surface area (Å²) >= 11 is 0. The molecule has 246 valence electrons. The highest BCUT2D eigenvalue weighted by Gasteiger charge is 2.58. The summed E-state index contributed by atoms with van der Waals surface area (Å²) in [4.78, 5) is 40.1. The number of hydrogen-bond acceptors (Lipinski definition) is 11. The highest BCUT2D eigenvalue weighted by molar-refractivity contribution is 7.52. The van der Waals surface area contributed by atoms with E-state index in [1.54, 1.807) is 30.3 Å². The van der Waals surface area contributed by atoms with Gasteiger partial charge in [-0.1, -0.05) is 35.4 Å². The van der Waals surface area contributed by atoms with E-state index in [1.165, 1.54) is 6.92 Å². The Morgan fingerprint density at radius 1 is 1.22 bits per heavy atom. The van der Waals surface area contributed by atoms with Crippen LogP contribution in [-0.2, 0) is 45.7 Å². The summed E-state index contributed by atoms with van der Waals surface area (Å²) in [6, 6.07) is 10.0. The number of nitrogens with zero attached hydrogens (tertiary/aromatic N) is 4. The third-order valence-corrected chi connectivity index (χ3v) is 8.33. The molecule has 2 aliphatic rings. The Bertz CT molecular complexity index is 1570. The van der Waals surface area contributed by atoms with Crippen molar-refractivity contribution in [1.29, 1.82) is 0 Å². The number of halogens is 3. The molecule has 1 amide bonds. The van der Waals surface area contributed by atoms with Crippen molar-refractivity contribution < 1.29 is 60.9 Å². The molecule has 2 aliphatic heterocycles. The largest absolute Gasteiger partial charge is 0.460 e. The van der Waals surface area contributed by atoms with Gasteiger partial charge in [0.25, 0.3) is 0 Å².